The van der Waals surface area contributed by atoms with Gasteiger partial charge in [0.25, 0.3) is 0 Å². The molecule has 1 unspecified atom stereocenters. The lowest BCUT2D eigenvalue weighted by Gasteiger charge is -2.16. The molecule has 2 rings (SSSR count). The Morgan fingerprint density at radius 1 is 1.41 bits per heavy atom. The molecule has 2 heterocycles. The average Bonchev–Trinajstić information content (AvgIpc) is 2.54. The van der Waals surface area contributed by atoms with Crippen molar-refractivity contribution in [1.82, 2.24) is 14.5 Å². The molecule has 0 radical (unpaired) electrons. The highest BCUT2D eigenvalue weighted by atomic mass is 32.1. The Bertz CT molecular complexity index is 580. The monoisotopic (exact) mass is 249 g/mol. The molecule has 0 fully saturated rings. The van der Waals surface area contributed by atoms with Crippen LogP contribution in [0.15, 0.2) is 12.3 Å². The zero-order valence-corrected chi connectivity index (χ0v) is 11.6. The first-order valence-corrected chi connectivity index (χ1v) is 6.45. The van der Waals surface area contributed by atoms with Crippen molar-refractivity contribution in [3.63, 3.8) is 0 Å². The summed E-state index contributed by atoms with van der Waals surface area (Å²) >= 11 is 5.37. The fourth-order valence-electron chi connectivity index (χ4n) is 1.82. The summed E-state index contributed by atoms with van der Waals surface area (Å²) in [5.41, 5.74) is 3.15. The first-order chi connectivity index (χ1) is 7.99. The minimum Gasteiger partial charge on any atom is -0.329 e. The van der Waals surface area contributed by atoms with Crippen LogP contribution in [0.4, 0.5) is 0 Å². The number of nitrogens with one attached hydrogen (secondary N) is 1. The van der Waals surface area contributed by atoms with E-state index in [4.69, 9.17) is 12.2 Å². The van der Waals surface area contributed by atoms with Crippen LogP contribution in [0.25, 0.3) is 11.2 Å². The number of hydrogen-bond donors (Lipinski definition) is 1. The van der Waals surface area contributed by atoms with Crippen LogP contribution in [0.5, 0.6) is 0 Å². The van der Waals surface area contributed by atoms with Gasteiger partial charge in [0.05, 0.1) is 5.52 Å². The lowest BCUT2D eigenvalue weighted by Crippen LogP contribution is -2.13. The molecule has 0 aliphatic heterocycles. The van der Waals surface area contributed by atoms with Gasteiger partial charge < -0.3 is 9.55 Å². The van der Waals surface area contributed by atoms with Gasteiger partial charge >= 0.3 is 0 Å². The normalized spacial score (nSPS) is 13.5. The Morgan fingerprint density at radius 2 is 2.12 bits per heavy atom. The standard InChI is InChI=1S/C13H19N3S/c1-8(2)10(4)7-16-12-11(15-13(16)17)5-9(3)6-14-12/h5-6,8,10H,7H2,1-4H3,(H,15,17). The van der Waals surface area contributed by atoms with E-state index in [2.05, 4.69) is 41.4 Å². The van der Waals surface area contributed by atoms with Gasteiger partial charge in [-0.2, -0.15) is 0 Å². The van der Waals surface area contributed by atoms with Gasteiger partial charge in [-0.05, 0) is 42.6 Å². The van der Waals surface area contributed by atoms with E-state index < -0.39 is 0 Å². The second kappa shape index (κ2) is 4.61. The number of imidazole rings is 1. The Morgan fingerprint density at radius 3 is 2.76 bits per heavy atom. The van der Waals surface area contributed by atoms with E-state index in [9.17, 15) is 0 Å². The number of H-pyrrole nitrogens is 1. The van der Waals surface area contributed by atoms with Gasteiger partial charge in [0, 0.05) is 12.7 Å². The number of aryl methyl sites for hydroxylation is 1. The van der Waals surface area contributed by atoms with E-state index in [-0.39, 0.29) is 0 Å². The third-order valence-electron chi connectivity index (χ3n) is 3.35. The summed E-state index contributed by atoms with van der Waals surface area (Å²) in [5, 5.41) is 0. The maximum absolute atomic E-state index is 5.37. The number of pyridine rings is 1. The number of rotatable bonds is 3. The molecule has 2 aromatic rings. The molecule has 0 aliphatic carbocycles. The number of hydrogen-bond acceptors (Lipinski definition) is 2. The highest BCUT2D eigenvalue weighted by Crippen LogP contribution is 2.18. The first kappa shape index (κ1) is 12.3. The van der Waals surface area contributed by atoms with Gasteiger partial charge in [-0.15, -0.1) is 0 Å². The van der Waals surface area contributed by atoms with Gasteiger partial charge in [0.1, 0.15) is 0 Å². The molecule has 3 nitrogen and oxygen atoms in total. The molecule has 0 amide bonds. The Kier molecular flexibility index (Phi) is 3.33. The predicted octanol–water partition coefficient (Wildman–Crippen LogP) is 3.69. The molecule has 0 saturated heterocycles. The van der Waals surface area contributed by atoms with Gasteiger partial charge in [0.2, 0.25) is 0 Å². The molecule has 0 saturated carbocycles. The summed E-state index contributed by atoms with van der Waals surface area (Å²) in [7, 11) is 0. The van der Waals surface area contributed by atoms with Crippen LogP contribution in [0.1, 0.15) is 26.3 Å². The van der Waals surface area contributed by atoms with Crippen molar-refractivity contribution >= 4 is 23.4 Å². The van der Waals surface area contributed by atoms with Crippen molar-refractivity contribution in [2.45, 2.75) is 34.2 Å². The number of aromatic nitrogens is 3. The third kappa shape index (κ3) is 2.41. The van der Waals surface area contributed by atoms with Gasteiger partial charge in [0.15, 0.2) is 10.4 Å². The summed E-state index contributed by atoms with van der Waals surface area (Å²) < 4.78 is 2.88. The molecule has 1 N–H and O–H groups in total. The minimum atomic E-state index is 0.587. The largest absolute Gasteiger partial charge is 0.329 e. The summed E-state index contributed by atoms with van der Waals surface area (Å²) in [5.74, 6) is 1.23. The fourth-order valence-corrected chi connectivity index (χ4v) is 2.09. The van der Waals surface area contributed by atoms with Gasteiger partial charge in [-0.3, -0.25) is 0 Å². The van der Waals surface area contributed by atoms with E-state index in [0.717, 1.165) is 28.0 Å². The molecule has 92 valence electrons. The van der Waals surface area contributed by atoms with Gasteiger partial charge in [-0.25, -0.2) is 4.98 Å². The van der Waals surface area contributed by atoms with E-state index in [1.807, 2.05) is 13.1 Å². The Balaban J connectivity index is 2.47. The quantitative estimate of drug-likeness (QED) is 0.842. The van der Waals surface area contributed by atoms with Crippen LogP contribution >= 0.6 is 12.2 Å². The number of nitrogens with zero attached hydrogens (tertiary/aromatic N) is 2. The molecule has 4 heteroatoms. The number of aromatic amines is 1. The topological polar surface area (TPSA) is 33.6 Å². The smallest absolute Gasteiger partial charge is 0.179 e. The second-order valence-corrected chi connectivity index (χ2v) is 5.53. The van der Waals surface area contributed by atoms with Crippen LogP contribution in [0, 0.1) is 23.5 Å². The van der Waals surface area contributed by atoms with Crippen molar-refractivity contribution in [2.24, 2.45) is 11.8 Å². The zero-order valence-electron chi connectivity index (χ0n) is 10.8. The molecule has 0 aliphatic rings. The SMILES string of the molecule is Cc1cnc2c(c1)[nH]c(=S)n2CC(C)C(C)C. The van der Waals surface area contributed by atoms with E-state index in [0.29, 0.717) is 11.8 Å². The van der Waals surface area contributed by atoms with Gasteiger partial charge in [-0.1, -0.05) is 20.8 Å². The van der Waals surface area contributed by atoms with Crippen LogP contribution in [-0.2, 0) is 6.54 Å². The average molecular weight is 249 g/mol. The van der Waals surface area contributed by atoms with Crippen molar-refractivity contribution in [1.29, 1.82) is 0 Å². The maximum Gasteiger partial charge on any atom is 0.179 e. The summed E-state index contributed by atoms with van der Waals surface area (Å²) in [6.07, 6.45) is 1.89. The van der Waals surface area contributed by atoms with Crippen LogP contribution in [0.3, 0.4) is 0 Å². The lowest BCUT2D eigenvalue weighted by molar-refractivity contribution is 0.366. The summed E-state index contributed by atoms with van der Waals surface area (Å²) in [6.45, 7) is 9.69. The highest BCUT2D eigenvalue weighted by molar-refractivity contribution is 7.71. The fraction of sp³-hybridized carbons (Fsp3) is 0.538. The third-order valence-corrected chi connectivity index (χ3v) is 3.68. The number of fused-ring (bicyclic) bond motifs is 1. The molecule has 0 aromatic carbocycles. The van der Waals surface area contributed by atoms with Crippen molar-refractivity contribution < 1.29 is 0 Å². The van der Waals surface area contributed by atoms with Crippen molar-refractivity contribution in [2.75, 3.05) is 0 Å². The molecular weight excluding hydrogens is 230 g/mol. The Hall–Kier alpha value is -1.16. The highest BCUT2D eigenvalue weighted by Gasteiger charge is 2.12. The predicted molar refractivity (Wildman–Crippen MR) is 73.7 cm³/mol. The molecule has 2 aromatic heterocycles. The first-order valence-electron chi connectivity index (χ1n) is 6.04. The summed E-state index contributed by atoms with van der Waals surface area (Å²) in [6, 6.07) is 2.09. The van der Waals surface area contributed by atoms with E-state index >= 15 is 0 Å². The zero-order chi connectivity index (χ0) is 12.6. The molecular formula is C13H19N3S. The molecule has 17 heavy (non-hydrogen) atoms. The van der Waals surface area contributed by atoms with Crippen molar-refractivity contribution in [3.8, 4) is 0 Å². The maximum atomic E-state index is 5.37. The van der Waals surface area contributed by atoms with E-state index in [1.54, 1.807) is 0 Å². The van der Waals surface area contributed by atoms with Crippen LogP contribution in [-0.4, -0.2) is 14.5 Å². The van der Waals surface area contributed by atoms with Crippen LogP contribution in [0.2, 0.25) is 0 Å². The van der Waals surface area contributed by atoms with Crippen LogP contribution < -0.4 is 0 Å². The summed E-state index contributed by atoms with van der Waals surface area (Å²) in [4.78, 5) is 7.71. The Labute approximate surface area is 107 Å². The minimum absolute atomic E-state index is 0.587. The molecule has 1 atom stereocenters. The lowest BCUT2D eigenvalue weighted by atomic mass is 9.98. The van der Waals surface area contributed by atoms with E-state index in [1.165, 1.54) is 0 Å². The van der Waals surface area contributed by atoms with Crippen molar-refractivity contribution in [3.05, 3.63) is 22.6 Å². The molecule has 0 spiro atoms. The molecule has 0 bridgehead atoms. The second-order valence-electron chi connectivity index (χ2n) is 5.15.